The zero-order chi connectivity index (χ0) is 13.8. The number of rotatable bonds is 4. The van der Waals surface area contributed by atoms with Crippen LogP contribution in [0.3, 0.4) is 0 Å². The predicted molar refractivity (Wildman–Crippen MR) is 84.2 cm³/mol. The van der Waals surface area contributed by atoms with Gasteiger partial charge in [-0.25, -0.2) is 0 Å². The van der Waals surface area contributed by atoms with Crippen LogP contribution in [-0.4, -0.2) is 19.1 Å². The van der Waals surface area contributed by atoms with E-state index in [1.807, 2.05) is 0 Å². The van der Waals surface area contributed by atoms with Crippen LogP contribution in [0.15, 0.2) is 18.2 Å². The van der Waals surface area contributed by atoms with Crippen LogP contribution in [0.5, 0.6) is 0 Å². The fourth-order valence-corrected chi connectivity index (χ4v) is 3.28. The fraction of sp³-hybridized carbons (Fsp3) is 0.625. The van der Waals surface area contributed by atoms with Crippen LogP contribution in [0, 0.1) is 0 Å². The molecule has 1 aliphatic heterocycles. The Morgan fingerprint density at radius 3 is 2.84 bits per heavy atom. The number of benzene rings is 1. The summed E-state index contributed by atoms with van der Waals surface area (Å²) in [5.74, 6) is 0. The standard InChI is InChI=1S/C16H25ClN2/c1-4-18-13(3)15-9-8-14(11-16(15)17)19-10-6-5-7-12(19)2/h8-9,11-13,18H,4-7,10H2,1-3H3. The lowest BCUT2D eigenvalue weighted by molar-refractivity contribution is 0.485. The molecule has 0 spiro atoms. The van der Waals surface area contributed by atoms with Crippen LogP contribution < -0.4 is 10.2 Å². The first-order chi connectivity index (χ1) is 9.13. The van der Waals surface area contributed by atoms with Gasteiger partial charge in [-0.1, -0.05) is 24.6 Å². The Bertz CT molecular complexity index is 419. The van der Waals surface area contributed by atoms with Crippen molar-refractivity contribution >= 4 is 17.3 Å². The zero-order valence-corrected chi connectivity index (χ0v) is 13.0. The molecular formula is C16H25ClN2. The van der Waals surface area contributed by atoms with Gasteiger partial charge in [0, 0.05) is 29.3 Å². The molecule has 1 aliphatic rings. The maximum Gasteiger partial charge on any atom is 0.0474 e. The van der Waals surface area contributed by atoms with E-state index in [9.17, 15) is 0 Å². The quantitative estimate of drug-likeness (QED) is 0.880. The average molecular weight is 281 g/mol. The van der Waals surface area contributed by atoms with Gasteiger partial charge in [0.2, 0.25) is 0 Å². The molecule has 2 unspecified atom stereocenters. The Hall–Kier alpha value is -0.730. The summed E-state index contributed by atoms with van der Waals surface area (Å²) in [6.07, 6.45) is 3.92. The monoisotopic (exact) mass is 280 g/mol. The molecule has 0 aromatic heterocycles. The van der Waals surface area contributed by atoms with Crippen molar-refractivity contribution in [3.8, 4) is 0 Å². The molecule has 0 amide bonds. The molecule has 0 saturated carbocycles. The summed E-state index contributed by atoms with van der Waals surface area (Å²) in [5, 5.41) is 4.29. The molecule has 2 nitrogen and oxygen atoms in total. The lowest BCUT2D eigenvalue weighted by Gasteiger charge is -2.35. The largest absolute Gasteiger partial charge is 0.369 e. The van der Waals surface area contributed by atoms with Crippen LogP contribution in [0.25, 0.3) is 0 Å². The Morgan fingerprint density at radius 1 is 1.42 bits per heavy atom. The first-order valence-corrected chi connectivity index (χ1v) is 7.80. The van der Waals surface area contributed by atoms with E-state index in [4.69, 9.17) is 11.6 Å². The molecule has 106 valence electrons. The number of nitrogens with one attached hydrogen (secondary N) is 1. The highest BCUT2D eigenvalue weighted by molar-refractivity contribution is 6.31. The maximum absolute atomic E-state index is 6.46. The van der Waals surface area contributed by atoms with Gasteiger partial charge in [-0.05, 0) is 57.4 Å². The van der Waals surface area contributed by atoms with Gasteiger partial charge in [0.1, 0.15) is 0 Å². The van der Waals surface area contributed by atoms with E-state index < -0.39 is 0 Å². The molecule has 3 heteroatoms. The highest BCUT2D eigenvalue weighted by Crippen LogP contribution is 2.31. The summed E-state index contributed by atoms with van der Waals surface area (Å²) in [6.45, 7) is 8.70. The van der Waals surface area contributed by atoms with Crippen molar-refractivity contribution in [2.75, 3.05) is 18.0 Å². The van der Waals surface area contributed by atoms with Gasteiger partial charge in [-0.15, -0.1) is 0 Å². The topological polar surface area (TPSA) is 15.3 Å². The van der Waals surface area contributed by atoms with Crippen molar-refractivity contribution in [3.05, 3.63) is 28.8 Å². The Morgan fingerprint density at radius 2 is 2.21 bits per heavy atom. The molecule has 1 saturated heterocycles. The van der Waals surface area contributed by atoms with E-state index in [1.165, 1.54) is 30.5 Å². The van der Waals surface area contributed by atoms with Crippen molar-refractivity contribution in [2.24, 2.45) is 0 Å². The van der Waals surface area contributed by atoms with Crippen LogP contribution in [-0.2, 0) is 0 Å². The van der Waals surface area contributed by atoms with E-state index in [1.54, 1.807) is 0 Å². The second kappa shape index (κ2) is 6.62. The summed E-state index contributed by atoms with van der Waals surface area (Å²) in [6, 6.07) is 7.46. The fourth-order valence-electron chi connectivity index (χ4n) is 2.94. The van der Waals surface area contributed by atoms with Gasteiger partial charge in [0.15, 0.2) is 0 Å². The molecule has 0 aliphatic carbocycles. The van der Waals surface area contributed by atoms with E-state index in [-0.39, 0.29) is 0 Å². The summed E-state index contributed by atoms with van der Waals surface area (Å²) in [5.41, 5.74) is 2.46. The number of piperidine rings is 1. The summed E-state index contributed by atoms with van der Waals surface area (Å²) in [4.78, 5) is 2.48. The lowest BCUT2D eigenvalue weighted by atomic mass is 10.0. The Balaban J connectivity index is 2.18. The van der Waals surface area contributed by atoms with Gasteiger partial charge in [0.05, 0.1) is 0 Å². The zero-order valence-electron chi connectivity index (χ0n) is 12.2. The molecule has 1 fully saturated rings. The molecule has 1 aromatic carbocycles. The highest BCUT2D eigenvalue weighted by atomic mass is 35.5. The van der Waals surface area contributed by atoms with E-state index in [2.05, 4.69) is 49.2 Å². The van der Waals surface area contributed by atoms with Crippen molar-refractivity contribution in [1.29, 1.82) is 0 Å². The normalized spacial score (nSPS) is 21.5. The smallest absolute Gasteiger partial charge is 0.0474 e. The predicted octanol–water partition coefficient (Wildman–Crippen LogP) is 4.39. The molecule has 2 atom stereocenters. The summed E-state index contributed by atoms with van der Waals surface area (Å²) >= 11 is 6.46. The second-order valence-corrected chi connectivity index (χ2v) is 5.93. The van der Waals surface area contributed by atoms with Gasteiger partial charge >= 0.3 is 0 Å². The van der Waals surface area contributed by atoms with Gasteiger partial charge < -0.3 is 10.2 Å². The van der Waals surface area contributed by atoms with E-state index in [0.717, 1.165) is 18.1 Å². The molecule has 1 heterocycles. The van der Waals surface area contributed by atoms with Gasteiger partial charge in [-0.2, -0.15) is 0 Å². The molecule has 2 rings (SSSR count). The first-order valence-electron chi connectivity index (χ1n) is 7.43. The second-order valence-electron chi connectivity index (χ2n) is 5.52. The van der Waals surface area contributed by atoms with Gasteiger partial charge in [0.25, 0.3) is 0 Å². The van der Waals surface area contributed by atoms with Crippen molar-refractivity contribution in [3.63, 3.8) is 0 Å². The van der Waals surface area contributed by atoms with Crippen molar-refractivity contribution in [2.45, 2.75) is 52.1 Å². The van der Waals surface area contributed by atoms with Crippen LogP contribution >= 0.6 is 11.6 Å². The summed E-state index contributed by atoms with van der Waals surface area (Å²) < 4.78 is 0. The minimum absolute atomic E-state index is 0.310. The van der Waals surface area contributed by atoms with Gasteiger partial charge in [-0.3, -0.25) is 0 Å². The highest BCUT2D eigenvalue weighted by Gasteiger charge is 2.19. The van der Waals surface area contributed by atoms with Crippen molar-refractivity contribution in [1.82, 2.24) is 5.32 Å². The molecular weight excluding hydrogens is 256 g/mol. The van der Waals surface area contributed by atoms with Crippen molar-refractivity contribution < 1.29 is 0 Å². The Labute approximate surface area is 122 Å². The molecule has 1 N–H and O–H groups in total. The third-order valence-corrected chi connectivity index (χ3v) is 4.42. The number of halogens is 1. The van der Waals surface area contributed by atoms with Crippen LogP contribution in [0.4, 0.5) is 5.69 Å². The van der Waals surface area contributed by atoms with E-state index >= 15 is 0 Å². The molecule has 1 aromatic rings. The van der Waals surface area contributed by atoms with Crippen LogP contribution in [0.1, 0.15) is 51.6 Å². The van der Waals surface area contributed by atoms with E-state index in [0.29, 0.717) is 12.1 Å². The SMILES string of the molecule is CCNC(C)c1ccc(N2CCCCC2C)cc1Cl. The number of anilines is 1. The average Bonchev–Trinajstić information content (AvgIpc) is 2.39. The molecule has 0 radical (unpaired) electrons. The van der Waals surface area contributed by atoms with Crippen LogP contribution in [0.2, 0.25) is 5.02 Å². The third-order valence-electron chi connectivity index (χ3n) is 4.10. The molecule has 19 heavy (non-hydrogen) atoms. The minimum Gasteiger partial charge on any atom is -0.369 e. The Kier molecular flexibility index (Phi) is 5.12. The molecule has 0 bridgehead atoms. The third kappa shape index (κ3) is 3.43. The maximum atomic E-state index is 6.46. The number of nitrogens with zero attached hydrogens (tertiary/aromatic N) is 1. The lowest BCUT2D eigenvalue weighted by Crippen LogP contribution is -2.37. The first kappa shape index (κ1) is 14.7. The number of hydrogen-bond donors (Lipinski definition) is 1. The minimum atomic E-state index is 0.310. The summed E-state index contributed by atoms with van der Waals surface area (Å²) in [7, 11) is 0. The number of hydrogen-bond acceptors (Lipinski definition) is 2.